The minimum Gasteiger partial charge on any atom is -0.393 e. The summed E-state index contributed by atoms with van der Waals surface area (Å²) < 4.78 is 5.97. The zero-order valence-corrected chi connectivity index (χ0v) is 11.8. The van der Waals surface area contributed by atoms with Gasteiger partial charge in [-0.25, -0.2) is 0 Å². The van der Waals surface area contributed by atoms with Crippen LogP contribution in [0.15, 0.2) is 0 Å². The largest absolute Gasteiger partial charge is 0.393 e. The number of hydrogen-bond donors (Lipinski definition) is 1. The number of rotatable bonds is 9. The highest BCUT2D eigenvalue weighted by Gasteiger charge is 2.23. The van der Waals surface area contributed by atoms with Crippen molar-refractivity contribution in [1.29, 1.82) is 0 Å². The highest BCUT2D eigenvalue weighted by Crippen LogP contribution is 2.21. The first-order valence-electron chi connectivity index (χ1n) is 6.73. The lowest BCUT2D eigenvalue weighted by Gasteiger charge is -2.30. The van der Waals surface area contributed by atoms with Gasteiger partial charge in [0.2, 0.25) is 0 Å². The summed E-state index contributed by atoms with van der Waals surface area (Å²) in [6.45, 7) is 10.3. The molecule has 1 N–H and O–H groups in total. The van der Waals surface area contributed by atoms with Gasteiger partial charge < -0.3 is 9.84 Å². The topological polar surface area (TPSA) is 29.5 Å². The van der Waals surface area contributed by atoms with E-state index in [1.807, 2.05) is 6.92 Å². The van der Waals surface area contributed by atoms with Crippen LogP contribution in [0.4, 0.5) is 0 Å². The average molecular weight is 230 g/mol. The fourth-order valence-electron chi connectivity index (χ4n) is 2.22. The Morgan fingerprint density at radius 2 is 1.75 bits per heavy atom. The smallest absolute Gasteiger partial charge is 0.0654 e. The standard InChI is InChI=1S/C14H30O2/c1-6-7-8-9-10-13(3)16-14(4,5)11-12(2)15/h12-13,15H,6-11H2,1-5H3. The van der Waals surface area contributed by atoms with Crippen molar-refractivity contribution in [2.45, 2.75) is 91.0 Å². The van der Waals surface area contributed by atoms with Gasteiger partial charge >= 0.3 is 0 Å². The molecule has 0 radical (unpaired) electrons. The van der Waals surface area contributed by atoms with E-state index in [2.05, 4.69) is 27.7 Å². The van der Waals surface area contributed by atoms with E-state index in [4.69, 9.17) is 4.74 Å². The quantitative estimate of drug-likeness (QED) is 0.608. The molecule has 0 aromatic rings. The van der Waals surface area contributed by atoms with Crippen LogP contribution < -0.4 is 0 Å². The second-order valence-electron chi connectivity index (χ2n) is 5.59. The Labute approximate surface area is 101 Å². The lowest BCUT2D eigenvalue weighted by atomic mass is 10.0. The van der Waals surface area contributed by atoms with Crippen molar-refractivity contribution >= 4 is 0 Å². The molecule has 2 nitrogen and oxygen atoms in total. The summed E-state index contributed by atoms with van der Waals surface area (Å²) in [6.07, 6.45) is 7.00. The molecule has 0 spiro atoms. The highest BCUT2D eigenvalue weighted by molar-refractivity contribution is 4.73. The third-order valence-electron chi connectivity index (χ3n) is 2.77. The molecule has 2 heteroatoms. The Morgan fingerprint density at radius 3 is 2.25 bits per heavy atom. The van der Waals surface area contributed by atoms with Gasteiger partial charge in [0.25, 0.3) is 0 Å². The van der Waals surface area contributed by atoms with Crippen molar-refractivity contribution in [3.63, 3.8) is 0 Å². The molecule has 0 aliphatic heterocycles. The third kappa shape index (κ3) is 9.17. The van der Waals surface area contributed by atoms with Crippen LogP contribution in [0.1, 0.15) is 73.1 Å². The maximum Gasteiger partial charge on any atom is 0.0654 e. The first-order chi connectivity index (χ1) is 7.37. The minimum atomic E-state index is -0.290. The summed E-state index contributed by atoms with van der Waals surface area (Å²) in [5.41, 5.74) is -0.210. The number of unbranched alkanes of at least 4 members (excludes halogenated alkanes) is 3. The molecule has 16 heavy (non-hydrogen) atoms. The molecule has 0 aliphatic carbocycles. The van der Waals surface area contributed by atoms with Crippen molar-refractivity contribution in [2.75, 3.05) is 0 Å². The van der Waals surface area contributed by atoms with Crippen LogP contribution >= 0.6 is 0 Å². The predicted molar refractivity (Wildman–Crippen MR) is 69.7 cm³/mol. The van der Waals surface area contributed by atoms with Crippen molar-refractivity contribution in [3.8, 4) is 0 Å². The third-order valence-corrected chi connectivity index (χ3v) is 2.77. The van der Waals surface area contributed by atoms with Gasteiger partial charge in [-0.3, -0.25) is 0 Å². The second-order valence-corrected chi connectivity index (χ2v) is 5.59. The molecular formula is C14H30O2. The van der Waals surface area contributed by atoms with E-state index >= 15 is 0 Å². The molecular weight excluding hydrogens is 200 g/mol. The highest BCUT2D eigenvalue weighted by atomic mass is 16.5. The van der Waals surface area contributed by atoms with Gasteiger partial charge in [0.15, 0.2) is 0 Å². The van der Waals surface area contributed by atoms with Crippen LogP contribution in [0, 0.1) is 0 Å². The van der Waals surface area contributed by atoms with Gasteiger partial charge in [0.1, 0.15) is 0 Å². The maximum atomic E-state index is 9.37. The number of aliphatic hydroxyl groups is 1. The minimum absolute atomic E-state index is 0.210. The Balaban J connectivity index is 3.71. The number of aliphatic hydroxyl groups excluding tert-OH is 1. The molecule has 0 saturated heterocycles. The Hall–Kier alpha value is -0.0800. The molecule has 0 rings (SSSR count). The predicted octanol–water partition coefficient (Wildman–Crippen LogP) is 3.91. The van der Waals surface area contributed by atoms with Crippen LogP contribution in [-0.4, -0.2) is 22.9 Å². The van der Waals surface area contributed by atoms with Crippen LogP contribution in [-0.2, 0) is 4.74 Å². The first kappa shape index (κ1) is 15.9. The van der Waals surface area contributed by atoms with Crippen molar-refractivity contribution in [1.82, 2.24) is 0 Å². The van der Waals surface area contributed by atoms with Gasteiger partial charge in [-0.2, -0.15) is 0 Å². The van der Waals surface area contributed by atoms with E-state index in [0.29, 0.717) is 12.5 Å². The van der Waals surface area contributed by atoms with Gasteiger partial charge in [0, 0.05) is 6.42 Å². The Morgan fingerprint density at radius 1 is 1.12 bits per heavy atom. The van der Waals surface area contributed by atoms with Gasteiger partial charge in [-0.1, -0.05) is 32.6 Å². The first-order valence-corrected chi connectivity index (χ1v) is 6.73. The maximum absolute atomic E-state index is 9.37. The summed E-state index contributed by atoms with van der Waals surface area (Å²) in [5.74, 6) is 0. The molecule has 0 aromatic carbocycles. The van der Waals surface area contributed by atoms with Crippen LogP contribution in [0.5, 0.6) is 0 Å². The SMILES string of the molecule is CCCCCCC(C)OC(C)(C)CC(C)O. The fraction of sp³-hybridized carbons (Fsp3) is 1.00. The summed E-state index contributed by atoms with van der Waals surface area (Å²) in [4.78, 5) is 0. The number of ether oxygens (including phenoxy) is 1. The van der Waals surface area contributed by atoms with E-state index in [1.165, 1.54) is 25.7 Å². The molecule has 98 valence electrons. The lowest BCUT2D eigenvalue weighted by Crippen LogP contribution is -2.32. The van der Waals surface area contributed by atoms with Crippen LogP contribution in [0.3, 0.4) is 0 Å². The summed E-state index contributed by atoms with van der Waals surface area (Å²) in [6, 6.07) is 0. The molecule has 0 saturated carbocycles. The monoisotopic (exact) mass is 230 g/mol. The molecule has 0 heterocycles. The Bertz CT molecular complexity index is 164. The molecule has 0 aromatic heterocycles. The Kier molecular flexibility index (Phi) is 8.04. The van der Waals surface area contributed by atoms with Crippen molar-refractivity contribution in [2.24, 2.45) is 0 Å². The van der Waals surface area contributed by atoms with E-state index < -0.39 is 0 Å². The molecule has 0 amide bonds. The molecule has 0 fully saturated rings. The fourth-order valence-corrected chi connectivity index (χ4v) is 2.22. The van der Waals surface area contributed by atoms with Crippen LogP contribution in [0.25, 0.3) is 0 Å². The van der Waals surface area contributed by atoms with E-state index in [-0.39, 0.29) is 11.7 Å². The molecule has 2 unspecified atom stereocenters. The van der Waals surface area contributed by atoms with E-state index in [1.54, 1.807) is 0 Å². The summed E-state index contributed by atoms with van der Waals surface area (Å²) >= 11 is 0. The molecule has 0 bridgehead atoms. The van der Waals surface area contributed by atoms with Gasteiger partial charge in [0.05, 0.1) is 17.8 Å². The lowest BCUT2D eigenvalue weighted by molar-refractivity contribution is -0.0871. The van der Waals surface area contributed by atoms with E-state index in [9.17, 15) is 5.11 Å². The van der Waals surface area contributed by atoms with Gasteiger partial charge in [-0.05, 0) is 34.1 Å². The zero-order chi connectivity index (χ0) is 12.6. The van der Waals surface area contributed by atoms with E-state index in [0.717, 1.165) is 6.42 Å². The molecule has 0 aliphatic rings. The van der Waals surface area contributed by atoms with Gasteiger partial charge in [-0.15, -0.1) is 0 Å². The molecule has 2 atom stereocenters. The van der Waals surface area contributed by atoms with Crippen LogP contribution in [0.2, 0.25) is 0 Å². The second kappa shape index (κ2) is 8.08. The summed E-state index contributed by atoms with van der Waals surface area (Å²) in [5, 5.41) is 9.37. The van der Waals surface area contributed by atoms with Crippen molar-refractivity contribution < 1.29 is 9.84 Å². The normalized spacial score (nSPS) is 16.1. The number of hydrogen-bond acceptors (Lipinski definition) is 2. The van der Waals surface area contributed by atoms with Crippen molar-refractivity contribution in [3.05, 3.63) is 0 Å². The zero-order valence-electron chi connectivity index (χ0n) is 11.8. The average Bonchev–Trinajstić information content (AvgIpc) is 2.09. The summed E-state index contributed by atoms with van der Waals surface area (Å²) in [7, 11) is 0.